The van der Waals surface area contributed by atoms with Gasteiger partial charge in [-0.05, 0) is 38.1 Å². The Labute approximate surface area is 79.9 Å². The lowest BCUT2D eigenvalue weighted by Crippen LogP contribution is -2.40. The zero-order chi connectivity index (χ0) is 6.97. The molecule has 2 aliphatic rings. The van der Waals surface area contributed by atoms with Gasteiger partial charge in [0.2, 0.25) is 0 Å². The van der Waals surface area contributed by atoms with Gasteiger partial charge in [0.15, 0.2) is 0 Å². The van der Waals surface area contributed by atoms with E-state index in [0.29, 0.717) is 0 Å². The molecule has 66 valence electrons. The molecule has 0 spiro atoms. The van der Waals surface area contributed by atoms with Crippen molar-refractivity contribution in [3.63, 3.8) is 0 Å². The molecule has 1 saturated heterocycles. The van der Waals surface area contributed by atoms with Gasteiger partial charge in [0, 0.05) is 13.1 Å². The molecule has 0 aromatic heterocycles. The third-order valence-corrected chi connectivity index (χ3v) is 3.03. The normalized spacial score (nSPS) is 37.9. The number of likely N-dealkylation sites (tertiary alicyclic amines) is 1. The Morgan fingerprint density at radius 2 is 1.64 bits per heavy atom. The quantitative estimate of drug-likeness (QED) is 0.605. The van der Waals surface area contributed by atoms with Crippen LogP contribution in [0.5, 0.6) is 0 Å². The first kappa shape index (κ1) is 9.53. The number of fused-ring (bicyclic) bond motifs is 2. The Balaban J connectivity index is 0.000000605. The maximum absolute atomic E-state index is 2.51. The molecule has 1 aliphatic carbocycles. The number of halogens is 1. The van der Waals surface area contributed by atoms with E-state index in [2.05, 4.69) is 11.9 Å². The summed E-state index contributed by atoms with van der Waals surface area (Å²) in [6, 6.07) is 0. The molecule has 2 rings (SSSR count). The van der Waals surface area contributed by atoms with Gasteiger partial charge in [-0.15, -0.1) is 17.0 Å². The van der Waals surface area contributed by atoms with E-state index in [9.17, 15) is 0 Å². The maximum atomic E-state index is 2.51. The van der Waals surface area contributed by atoms with Crippen LogP contribution in [0.4, 0.5) is 0 Å². The number of rotatable bonds is 0. The van der Waals surface area contributed by atoms with E-state index < -0.39 is 0 Å². The van der Waals surface area contributed by atoms with Crippen LogP contribution >= 0.6 is 17.0 Å². The highest BCUT2D eigenvalue weighted by Crippen LogP contribution is 2.33. The molecular formula is C9H18BrN. The number of hydrogen-bond donors (Lipinski definition) is 0. The second-order valence-electron chi connectivity index (χ2n) is 4.12. The predicted octanol–water partition coefficient (Wildman–Crippen LogP) is 2.32. The standard InChI is InChI=1S/C9H17N.BrH/c1-10-6-8-3-2-4-9(5-8)7-10;/h8-9H,2-7H2,1H3;1H. The molecule has 2 heteroatoms. The Morgan fingerprint density at radius 3 is 2.18 bits per heavy atom. The van der Waals surface area contributed by atoms with E-state index in [1.54, 1.807) is 0 Å². The number of piperidine rings is 1. The largest absolute Gasteiger partial charge is 0.306 e. The van der Waals surface area contributed by atoms with Crippen molar-refractivity contribution in [3.05, 3.63) is 0 Å². The third kappa shape index (κ3) is 2.19. The first-order chi connectivity index (χ1) is 4.84. The van der Waals surface area contributed by atoms with Crippen LogP contribution in [0, 0.1) is 11.8 Å². The zero-order valence-corrected chi connectivity index (χ0v) is 8.97. The van der Waals surface area contributed by atoms with Crippen molar-refractivity contribution in [3.8, 4) is 0 Å². The molecule has 2 fully saturated rings. The fraction of sp³-hybridized carbons (Fsp3) is 1.00. The molecule has 2 bridgehead atoms. The molecule has 1 heterocycles. The Kier molecular flexibility index (Phi) is 3.38. The summed E-state index contributed by atoms with van der Waals surface area (Å²) in [4.78, 5) is 2.51. The van der Waals surface area contributed by atoms with Crippen molar-refractivity contribution in [1.29, 1.82) is 0 Å². The molecule has 2 unspecified atom stereocenters. The van der Waals surface area contributed by atoms with Gasteiger partial charge in [-0.1, -0.05) is 6.42 Å². The van der Waals surface area contributed by atoms with E-state index >= 15 is 0 Å². The van der Waals surface area contributed by atoms with Crippen molar-refractivity contribution in [2.24, 2.45) is 11.8 Å². The van der Waals surface area contributed by atoms with Crippen LogP contribution in [0.1, 0.15) is 25.7 Å². The summed E-state index contributed by atoms with van der Waals surface area (Å²) in [6.07, 6.45) is 6.04. The average molecular weight is 220 g/mol. The highest BCUT2D eigenvalue weighted by molar-refractivity contribution is 8.93. The maximum Gasteiger partial charge on any atom is 0.000683 e. The van der Waals surface area contributed by atoms with Crippen LogP contribution in [0.25, 0.3) is 0 Å². The molecule has 0 N–H and O–H groups in total. The lowest BCUT2D eigenvalue weighted by molar-refractivity contribution is 0.107. The van der Waals surface area contributed by atoms with Crippen molar-refractivity contribution >= 4 is 17.0 Å². The van der Waals surface area contributed by atoms with E-state index in [-0.39, 0.29) is 17.0 Å². The van der Waals surface area contributed by atoms with Crippen molar-refractivity contribution < 1.29 is 0 Å². The lowest BCUT2D eigenvalue weighted by Gasteiger charge is -2.39. The van der Waals surface area contributed by atoms with Crippen molar-refractivity contribution in [2.45, 2.75) is 25.7 Å². The van der Waals surface area contributed by atoms with Crippen LogP contribution < -0.4 is 0 Å². The molecular weight excluding hydrogens is 202 g/mol. The molecule has 1 saturated carbocycles. The number of nitrogens with zero attached hydrogens (tertiary/aromatic N) is 1. The zero-order valence-electron chi connectivity index (χ0n) is 7.25. The van der Waals surface area contributed by atoms with Gasteiger partial charge in [0.1, 0.15) is 0 Å². The molecule has 1 nitrogen and oxygen atoms in total. The van der Waals surface area contributed by atoms with Crippen molar-refractivity contribution in [2.75, 3.05) is 20.1 Å². The van der Waals surface area contributed by atoms with Gasteiger partial charge >= 0.3 is 0 Å². The summed E-state index contributed by atoms with van der Waals surface area (Å²) in [7, 11) is 2.27. The van der Waals surface area contributed by atoms with Crippen LogP contribution in [0.3, 0.4) is 0 Å². The topological polar surface area (TPSA) is 3.24 Å². The lowest BCUT2D eigenvalue weighted by atomic mass is 9.78. The first-order valence-electron chi connectivity index (χ1n) is 4.53. The monoisotopic (exact) mass is 219 g/mol. The predicted molar refractivity (Wildman–Crippen MR) is 53.3 cm³/mol. The third-order valence-electron chi connectivity index (χ3n) is 3.03. The van der Waals surface area contributed by atoms with E-state index in [1.165, 1.54) is 38.8 Å². The minimum Gasteiger partial charge on any atom is -0.306 e. The number of hydrogen-bond acceptors (Lipinski definition) is 1. The first-order valence-corrected chi connectivity index (χ1v) is 4.53. The molecule has 0 amide bonds. The van der Waals surface area contributed by atoms with E-state index in [1.807, 2.05) is 0 Å². The highest BCUT2D eigenvalue weighted by Gasteiger charge is 2.28. The summed E-state index contributed by atoms with van der Waals surface area (Å²) < 4.78 is 0. The van der Waals surface area contributed by atoms with Crippen LogP contribution in [0.15, 0.2) is 0 Å². The second kappa shape index (κ2) is 3.90. The minimum atomic E-state index is 0. The van der Waals surface area contributed by atoms with Gasteiger partial charge in [0.25, 0.3) is 0 Å². The summed E-state index contributed by atoms with van der Waals surface area (Å²) in [5.41, 5.74) is 0. The smallest absolute Gasteiger partial charge is 0.000683 e. The second-order valence-corrected chi connectivity index (χ2v) is 4.12. The molecule has 0 radical (unpaired) electrons. The molecule has 0 aromatic carbocycles. The SMILES string of the molecule is Br.CN1CC2CCCC(C2)C1. The van der Waals surface area contributed by atoms with Gasteiger partial charge in [-0.2, -0.15) is 0 Å². The van der Waals surface area contributed by atoms with Gasteiger partial charge in [-0.3, -0.25) is 0 Å². The highest BCUT2D eigenvalue weighted by atomic mass is 79.9. The van der Waals surface area contributed by atoms with Gasteiger partial charge in [0.05, 0.1) is 0 Å². The van der Waals surface area contributed by atoms with Crippen LogP contribution in [-0.2, 0) is 0 Å². The minimum absolute atomic E-state index is 0. The average Bonchev–Trinajstić information content (AvgIpc) is 1.85. The Hall–Kier alpha value is 0.440. The van der Waals surface area contributed by atoms with Gasteiger partial charge in [-0.25, -0.2) is 0 Å². The van der Waals surface area contributed by atoms with Crippen LogP contribution in [-0.4, -0.2) is 25.0 Å². The summed E-state index contributed by atoms with van der Waals surface area (Å²) in [6.45, 7) is 2.74. The fourth-order valence-corrected chi connectivity index (χ4v) is 2.69. The molecule has 0 aromatic rings. The Bertz CT molecular complexity index is 111. The van der Waals surface area contributed by atoms with E-state index in [0.717, 1.165) is 11.8 Å². The molecule has 2 atom stereocenters. The molecule has 1 aliphatic heterocycles. The van der Waals surface area contributed by atoms with Crippen LogP contribution in [0.2, 0.25) is 0 Å². The molecule has 11 heavy (non-hydrogen) atoms. The van der Waals surface area contributed by atoms with Gasteiger partial charge < -0.3 is 4.90 Å². The fourth-order valence-electron chi connectivity index (χ4n) is 2.69. The van der Waals surface area contributed by atoms with Crippen molar-refractivity contribution in [1.82, 2.24) is 4.90 Å². The van der Waals surface area contributed by atoms with E-state index in [4.69, 9.17) is 0 Å². The summed E-state index contributed by atoms with van der Waals surface area (Å²) >= 11 is 0. The Morgan fingerprint density at radius 1 is 1.09 bits per heavy atom. The summed E-state index contributed by atoms with van der Waals surface area (Å²) in [5, 5.41) is 0. The summed E-state index contributed by atoms with van der Waals surface area (Å²) in [5.74, 6) is 2.11.